The van der Waals surface area contributed by atoms with Crippen molar-refractivity contribution in [2.45, 2.75) is 22.2 Å². The molecule has 150 valence electrons. The van der Waals surface area contributed by atoms with E-state index < -0.39 is 39.9 Å². The summed E-state index contributed by atoms with van der Waals surface area (Å²) >= 11 is -0.915. The van der Waals surface area contributed by atoms with E-state index in [2.05, 4.69) is 5.32 Å². The molecule has 0 atom stereocenters. The second kappa shape index (κ2) is 8.26. The molecule has 2 aromatic rings. The van der Waals surface area contributed by atoms with Gasteiger partial charge in [-0.2, -0.15) is 30.7 Å². The Bertz CT molecular complexity index is 833. The van der Waals surface area contributed by atoms with Gasteiger partial charge in [0.25, 0.3) is 0 Å². The van der Waals surface area contributed by atoms with E-state index in [1.54, 1.807) is 30.3 Å². The molecule has 0 saturated heterocycles. The van der Waals surface area contributed by atoms with Gasteiger partial charge in [0.2, 0.25) is 5.91 Å². The van der Waals surface area contributed by atoms with Crippen LogP contribution in [0.1, 0.15) is 5.56 Å². The molecule has 1 amide bonds. The molecule has 10 heteroatoms. The van der Waals surface area contributed by atoms with E-state index in [0.29, 0.717) is 0 Å². The third-order valence-electron chi connectivity index (χ3n) is 3.32. The van der Waals surface area contributed by atoms with Crippen LogP contribution in [-0.2, 0) is 4.79 Å². The molecule has 0 unspecified atom stereocenters. The summed E-state index contributed by atoms with van der Waals surface area (Å²) in [6, 6.07) is 12.9. The predicted octanol–water partition coefficient (Wildman–Crippen LogP) is 6.22. The van der Waals surface area contributed by atoms with Crippen molar-refractivity contribution < 1.29 is 35.5 Å². The highest BCUT2D eigenvalue weighted by Crippen LogP contribution is 2.53. The maximum absolute atomic E-state index is 13.4. The van der Waals surface area contributed by atoms with Gasteiger partial charge in [0.15, 0.2) is 0 Å². The summed E-state index contributed by atoms with van der Waals surface area (Å²) in [4.78, 5) is 11.3. The van der Waals surface area contributed by atoms with E-state index in [-0.39, 0.29) is 5.69 Å². The zero-order valence-electron chi connectivity index (χ0n) is 13.8. The van der Waals surface area contributed by atoms with Crippen molar-refractivity contribution in [1.82, 2.24) is 0 Å². The monoisotopic (exact) mass is 423 g/mol. The fraction of sp³-hybridized carbons (Fsp3) is 0.167. The molecule has 0 aliphatic heterocycles. The number of amides is 1. The van der Waals surface area contributed by atoms with Gasteiger partial charge in [-0.3, -0.25) is 4.79 Å². The highest BCUT2D eigenvalue weighted by molar-refractivity contribution is 8.00. The summed E-state index contributed by atoms with van der Waals surface area (Å²) in [7, 11) is 0. The number of nitrogens with one attached hydrogen (secondary N) is 1. The Balaban J connectivity index is 2.01. The first-order chi connectivity index (χ1) is 12.9. The van der Waals surface area contributed by atoms with E-state index in [1.165, 1.54) is 12.2 Å². The third kappa shape index (κ3) is 5.28. The number of halogens is 7. The van der Waals surface area contributed by atoms with Crippen LogP contribution in [0, 0.1) is 0 Å². The topological polar surface area (TPSA) is 29.1 Å². The first-order valence-corrected chi connectivity index (χ1v) is 8.39. The number of anilines is 1. The van der Waals surface area contributed by atoms with Crippen LogP contribution in [0.5, 0.6) is 0 Å². The molecule has 0 bridgehead atoms. The van der Waals surface area contributed by atoms with Crippen LogP contribution in [0.4, 0.5) is 36.4 Å². The second-order valence-corrected chi connectivity index (χ2v) is 6.64. The van der Waals surface area contributed by atoms with Crippen LogP contribution >= 0.6 is 11.8 Å². The van der Waals surface area contributed by atoms with Gasteiger partial charge in [-0.1, -0.05) is 30.3 Å². The van der Waals surface area contributed by atoms with Crippen LogP contribution in [0.3, 0.4) is 0 Å². The van der Waals surface area contributed by atoms with Crippen molar-refractivity contribution >= 4 is 29.4 Å². The molecule has 0 aliphatic rings. The molecule has 2 aromatic carbocycles. The molecule has 1 N–H and O–H groups in total. The van der Waals surface area contributed by atoms with E-state index in [1.807, 2.05) is 0 Å². The first kappa shape index (κ1) is 21.8. The normalized spacial score (nSPS) is 13.0. The summed E-state index contributed by atoms with van der Waals surface area (Å²) in [5.41, 5.74) is 0.912. The lowest BCUT2D eigenvalue weighted by molar-refractivity contribution is -0.330. The lowest BCUT2D eigenvalue weighted by Crippen LogP contribution is -2.49. The Hall–Kier alpha value is -2.49. The van der Waals surface area contributed by atoms with Crippen LogP contribution < -0.4 is 5.32 Å². The minimum atomic E-state index is -6.39. The average Bonchev–Trinajstić information content (AvgIpc) is 2.61. The first-order valence-electron chi connectivity index (χ1n) is 7.58. The third-order valence-corrected chi connectivity index (χ3v) is 4.34. The van der Waals surface area contributed by atoms with Crippen LogP contribution in [0.25, 0.3) is 6.08 Å². The number of benzene rings is 2. The van der Waals surface area contributed by atoms with Crippen molar-refractivity contribution in [3.63, 3.8) is 0 Å². The van der Waals surface area contributed by atoms with E-state index >= 15 is 0 Å². The molecule has 0 aliphatic carbocycles. The number of hydrogen-bond acceptors (Lipinski definition) is 2. The Kier molecular flexibility index (Phi) is 6.43. The van der Waals surface area contributed by atoms with Gasteiger partial charge >= 0.3 is 17.4 Å². The maximum Gasteiger partial charge on any atom is 0.460 e. The van der Waals surface area contributed by atoms with Crippen LogP contribution in [0.15, 0.2) is 65.6 Å². The quantitative estimate of drug-likeness (QED) is 0.340. The Labute approximate surface area is 159 Å². The molecule has 0 saturated carbocycles. The molecular weight excluding hydrogens is 411 g/mol. The van der Waals surface area contributed by atoms with Gasteiger partial charge in [-0.25, -0.2) is 0 Å². The standard InChI is InChI=1S/C18H12F7NOS/c19-16(20,17(21,22)23)18(24,25)28-14-9-7-13(8-10-14)26-15(27)11-6-12-4-2-1-3-5-12/h1-11H,(H,26,27). The van der Waals surface area contributed by atoms with Crippen LogP contribution in [0.2, 0.25) is 0 Å². The number of carbonyl (C=O) groups excluding carboxylic acids is 1. The van der Waals surface area contributed by atoms with Crippen molar-refractivity contribution in [1.29, 1.82) is 0 Å². The van der Waals surface area contributed by atoms with Gasteiger partial charge in [-0.15, -0.1) is 0 Å². The number of rotatable bonds is 6. The molecule has 28 heavy (non-hydrogen) atoms. The van der Waals surface area contributed by atoms with Crippen molar-refractivity contribution in [3.05, 3.63) is 66.2 Å². The van der Waals surface area contributed by atoms with Crippen molar-refractivity contribution in [2.24, 2.45) is 0 Å². The Morgan fingerprint density at radius 1 is 0.857 bits per heavy atom. The van der Waals surface area contributed by atoms with Crippen molar-refractivity contribution in [3.8, 4) is 0 Å². The highest BCUT2D eigenvalue weighted by Gasteiger charge is 2.73. The molecule has 0 spiro atoms. The molecule has 2 rings (SSSR count). The minimum absolute atomic E-state index is 0.151. The van der Waals surface area contributed by atoms with Gasteiger partial charge < -0.3 is 5.32 Å². The summed E-state index contributed by atoms with van der Waals surface area (Å²) in [6.07, 6.45) is -3.64. The molecule has 0 aromatic heterocycles. The number of thioether (sulfide) groups is 1. The minimum Gasteiger partial charge on any atom is -0.323 e. The lowest BCUT2D eigenvalue weighted by Gasteiger charge is -2.27. The smallest absolute Gasteiger partial charge is 0.323 e. The zero-order valence-corrected chi connectivity index (χ0v) is 14.6. The summed E-state index contributed by atoms with van der Waals surface area (Å²) < 4.78 is 89.0. The van der Waals surface area contributed by atoms with E-state index in [9.17, 15) is 35.5 Å². The van der Waals surface area contributed by atoms with Gasteiger partial charge in [0.1, 0.15) is 0 Å². The number of alkyl halides is 7. The molecule has 0 fully saturated rings. The SMILES string of the molecule is O=C(C=Cc1ccccc1)Nc1ccc(SC(F)(F)C(F)(F)C(F)(F)F)cc1. The fourth-order valence-electron chi connectivity index (χ4n) is 1.90. The van der Waals surface area contributed by atoms with E-state index in [0.717, 1.165) is 29.8 Å². The largest absolute Gasteiger partial charge is 0.460 e. The maximum atomic E-state index is 13.4. The highest BCUT2D eigenvalue weighted by atomic mass is 32.2. The summed E-state index contributed by atoms with van der Waals surface area (Å²) in [5, 5.41) is -2.99. The number of carbonyl (C=O) groups is 1. The van der Waals surface area contributed by atoms with Gasteiger partial charge in [0, 0.05) is 16.7 Å². The number of hydrogen-bond donors (Lipinski definition) is 1. The second-order valence-electron chi connectivity index (χ2n) is 5.45. The van der Waals surface area contributed by atoms with Crippen molar-refractivity contribution in [2.75, 3.05) is 5.32 Å². The van der Waals surface area contributed by atoms with Gasteiger partial charge in [0.05, 0.1) is 0 Å². The Morgan fingerprint density at radius 3 is 1.96 bits per heavy atom. The molecule has 0 heterocycles. The Morgan fingerprint density at radius 2 is 1.43 bits per heavy atom. The fourth-order valence-corrected chi connectivity index (χ4v) is 2.72. The average molecular weight is 423 g/mol. The van der Waals surface area contributed by atoms with Crippen LogP contribution in [-0.4, -0.2) is 23.3 Å². The predicted molar refractivity (Wildman–Crippen MR) is 92.4 cm³/mol. The summed E-state index contributed by atoms with van der Waals surface area (Å²) in [5.74, 6) is -6.74. The summed E-state index contributed by atoms with van der Waals surface area (Å²) in [6.45, 7) is 0. The zero-order chi connectivity index (χ0) is 21.0. The van der Waals surface area contributed by atoms with E-state index in [4.69, 9.17) is 0 Å². The molecule has 0 radical (unpaired) electrons. The molecule has 2 nitrogen and oxygen atoms in total. The van der Waals surface area contributed by atoms with Gasteiger partial charge in [-0.05, 0) is 47.7 Å². The lowest BCUT2D eigenvalue weighted by atomic mass is 10.2. The molecular formula is C18H12F7NOS.